The van der Waals surface area contributed by atoms with Crippen LogP contribution in [-0.4, -0.2) is 44.2 Å². The first-order valence-corrected chi connectivity index (χ1v) is 8.47. The Labute approximate surface area is 133 Å². The van der Waals surface area contributed by atoms with Crippen molar-refractivity contribution < 1.29 is 4.74 Å². The fraction of sp³-hybridized carbons (Fsp3) is 0.647. The van der Waals surface area contributed by atoms with E-state index in [1.807, 2.05) is 24.3 Å². The number of nitrogens with one attached hydrogen (secondary N) is 1. The van der Waals surface area contributed by atoms with Gasteiger partial charge in [0.25, 0.3) is 0 Å². The Morgan fingerprint density at radius 2 is 1.95 bits per heavy atom. The molecule has 118 valence electrons. The second-order valence-corrected chi connectivity index (χ2v) is 6.19. The zero-order chi connectivity index (χ0) is 14.9. The SMILES string of the molecule is CCNCC1CCN(CCCOc2ccc(Cl)cc2)CC1. The summed E-state index contributed by atoms with van der Waals surface area (Å²) in [6.07, 6.45) is 3.73. The highest BCUT2D eigenvalue weighted by molar-refractivity contribution is 6.30. The van der Waals surface area contributed by atoms with E-state index in [0.29, 0.717) is 0 Å². The van der Waals surface area contributed by atoms with Gasteiger partial charge in [0.05, 0.1) is 6.61 Å². The number of halogens is 1. The van der Waals surface area contributed by atoms with Gasteiger partial charge in [-0.15, -0.1) is 0 Å². The second-order valence-electron chi connectivity index (χ2n) is 5.75. The van der Waals surface area contributed by atoms with Crippen LogP contribution in [0.4, 0.5) is 0 Å². The van der Waals surface area contributed by atoms with E-state index in [-0.39, 0.29) is 0 Å². The number of ether oxygens (including phenoxy) is 1. The van der Waals surface area contributed by atoms with Crippen LogP contribution < -0.4 is 10.1 Å². The van der Waals surface area contributed by atoms with E-state index in [9.17, 15) is 0 Å². The van der Waals surface area contributed by atoms with Gasteiger partial charge in [0.1, 0.15) is 5.75 Å². The van der Waals surface area contributed by atoms with Crippen LogP contribution in [0.1, 0.15) is 26.2 Å². The Kier molecular flexibility index (Phi) is 7.34. The summed E-state index contributed by atoms with van der Waals surface area (Å²) in [6.45, 7) is 8.83. The number of piperidine rings is 1. The van der Waals surface area contributed by atoms with Gasteiger partial charge in [0.15, 0.2) is 0 Å². The van der Waals surface area contributed by atoms with Gasteiger partial charge in [-0.25, -0.2) is 0 Å². The molecule has 0 aliphatic carbocycles. The molecule has 3 nitrogen and oxygen atoms in total. The Morgan fingerprint density at radius 1 is 1.24 bits per heavy atom. The summed E-state index contributed by atoms with van der Waals surface area (Å²) < 4.78 is 5.73. The molecular weight excluding hydrogens is 284 g/mol. The predicted molar refractivity (Wildman–Crippen MR) is 89.3 cm³/mol. The first-order valence-electron chi connectivity index (χ1n) is 8.09. The van der Waals surface area contributed by atoms with Crippen molar-refractivity contribution >= 4 is 11.6 Å². The van der Waals surface area contributed by atoms with Crippen LogP contribution >= 0.6 is 11.6 Å². The Hall–Kier alpha value is -0.770. The Morgan fingerprint density at radius 3 is 2.62 bits per heavy atom. The fourth-order valence-electron chi connectivity index (χ4n) is 2.77. The molecule has 0 spiro atoms. The molecule has 2 rings (SSSR count). The van der Waals surface area contributed by atoms with E-state index in [1.54, 1.807) is 0 Å². The van der Waals surface area contributed by atoms with Gasteiger partial charge in [-0.1, -0.05) is 18.5 Å². The molecule has 0 atom stereocenters. The molecule has 0 unspecified atom stereocenters. The van der Waals surface area contributed by atoms with Crippen LogP contribution in [0, 0.1) is 5.92 Å². The van der Waals surface area contributed by atoms with Crippen LogP contribution in [0.3, 0.4) is 0 Å². The summed E-state index contributed by atoms with van der Waals surface area (Å²) in [5, 5.41) is 4.21. The minimum absolute atomic E-state index is 0.753. The van der Waals surface area contributed by atoms with E-state index in [0.717, 1.165) is 42.8 Å². The number of benzene rings is 1. The topological polar surface area (TPSA) is 24.5 Å². The summed E-state index contributed by atoms with van der Waals surface area (Å²) >= 11 is 5.85. The minimum Gasteiger partial charge on any atom is -0.494 e. The Bertz CT molecular complexity index is 388. The lowest BCUT2D eigenvalue weighted by molar-refractivity contribution is 0.170. The molecule has 21 heavy (non-hydrogen) atoms. The predicted octanol–water partition coefficient (Wildman–Crippen LogP) is 3.43. The van der Waals surface area contributed by atoms with Crippen LogP contribution in [0.2, 0.25) is 5.02 Å². The molecule has 1 aliphatic heterocycles. The van der Waals surface area contributed by atoms with Crippen molar-refractivity contribution in [3.05, 3.63) is 29.3 Å². The normalized spacial score (nSPS) is 17.0. The van der Waals surface area contributed by atoms with Gasteiger partial charge < -0.3 is 15.0 Å². The first-order chi connectivity index (χ1) is 10.3. The average Bonchev–Trinajstić information content (AvgIpc) is 2.52. The van der Waals surface area contributed by atoms with Gasteiger partial charge >= 0.3 is 0 Å². The molecule has 1 N–H and O–H groups in total. The molecule has 0 amide bonds. The van der Waals surface area contributed by atoms with Gasteiger partial charge in [-0.2, -0.15) is 0 Å². The lowest BCUT2D eigenvalue weighted by Gasteiger charge is -2.32. The van der Waals surface area contributed by atoms with Crippen molar-refractivity contribution in [2.24, 2.45) is 5.92 Å². The van der Waals surface area contributed by atoms with E-state index < -0.39 is 0 Å². The molecule has 1 aromatic carbocycles. The lowest BCUT2D eigenvalue weighted by atomic mass is 9.97. The van der Waals surface area contributed by atoms with Crippen molar-refractivity contribution in [3.8, 4) is 5.75 Å². The van der Waals surface area contributed by atoms with Crippen molar-refractivity contribution in [2.45, 2.75) is 26.2 Å². The quantitative estimate of drug-likeness (QED) is 0.745. The maximum atomic E-state index is 5.85. The number of hydrogen-bond acceptors (Lipinski definition) is 3. The van der Waals surface area contributed by atoms with Gasteiger partial charge in [-0.05, 0) is 75.6 Å². The highest BCUT2D eigenvalue weighted by atomic mass is 35.5. The fourth-order valence-corrected chi connectivity index (χ4v) is 2.90. The maximum absolute atomic E-state index is 5.85. The summed E-state index contributed by atoms with van der Waals surface area (Å²) in [5.74, 6) is 1.77. The molecule has 1 fully saturated rings. The monoisotopic (exact) mass is 310 g/mol. The zero-order valence-corrected chi connectivity index (χ0v) is 13.7. The maximum Gasteiger partial charge on any atom is 0.119 e. The van der Waals surface area contributed by atoms with E-state index in [2.05, 4.69) is 17.1 Å². The van der Waals surface area contributed by atoms with E-state index in [1.165, 1.54) is 32.5 Å². The third-order valence-electron chi connectivity index (χ3n) is 4.09. The van der Waals surface area contributed by atoms with Crippen molar-refractivity contribution in [3.63, 3.8) is 0 Å². The lowest BCUT2D eigenvalue weighted by Crippen LogP contribution is -2.38. The summed E-state index contributed by atoms with van der Waals surface area (Å²) in [6, 6.07) is 7.58. The molecule has 1 saturated heterocycles. The highest BCUT2D eigenvalue weighted by Gasteiger charge is 2.18. The molecular formula is C17H27ClN2O. The second kappa shape index (κ2) is 9.29. The van der Waals surface area contributed by atoms with Crippen LogP contribution in [-0.2, 0) is 0 Å². The number of hydrogen-bond donors (Lipinski definition) is 1. The van der Waals surface area contributed by atoms with Gasteiger partial charge in [0.2, 0.25) is 0 Å². The minimum atomic E-state index is 0.753. The number of likely N-dealkylation sites (tertiary alicyclic amines) is 1. The molecule has 0 saturated carbocycles. The molecule has 0 radical (unpaired) electrons. The molecule has 4 heteroatoms. The molecule has 0 bridgehead atoms. The molecule has 1 aromatic rings. The van der Waals surface area contributed by atoms with Crippen LogP contribution in [0.5, 0.6) is 5.75 Å². The molecule has 0 aromatic heterocycles. The molecule has 1 heterocycles. The summed E-state index contributed by atoms with van der Waals surface area (Å²) in [7, 11) is 0. The van der Waals surface area contributed by atoms with E-state index in [4.69, 9.17) is 16.3 Å². The number of rotatable bonds is 8. The largest absolute Gasteiger partial charge is 0.494 e. The van der Waals surface area contributed by atoms with Gasteiger partial charge in [-0.3, -0.25) is 0 Å². The van der Waals surface area contributed by atoms with Crippen molar-refractivity contribution in [2.75, 3.05) is 39.3 Å². The number of nitrogens with zero attached hydrogens (tertiary/aromatic N) is 1. The first kappa shape index (κ1) is 16.6. The van der Waals surface area contributed by atoms with Gasteiger partial charge in [0, 0.05) is 11.6 Å². The summed E-state index contributed by atoms with van der Waals surface area (Å²) in [5.41, 5.74) is 0. The smallest absolute Gasteiger partial charge is 0.119 e. The Balaban J connectivity index is 1.54. The molecule has 1 aliphatic rings. The third kappa shape index (κ3) is 6.25. The van der Waals surface area contributed by atoms with Crippen LogP contribution in [0.15, 0.2) is 24.3 Å². The zero-order valence-electron chi connectivity index (χ0n) is 13.0. The summed E-state index contributed by atoms with van der Waals surface area (Å²) in [4.78, 5) is 2.56. The average molecular weight is 311 g/mol. The highest BCUT2D eigenvalue weighted by Crippen LogP contribution is 2.17. The standard InChI is InChI=1S/C17H27ClN2O/c1-2-19-14-15-8-11-20(12-9-15)10-3-13-21-17-6-4-16(18)5-7-17/h4-7,15,19H,2-3,8-14H2,1H3. The van der Waals surface area contributed by atoms with Crippen molar-refractivity contribution in [1.82, 2.24) is 10.2 Å². The van der Waals surface area contributed by atoms with E-state index >= 15 is 0 Å². The third-order valence-corrected chi connectivity index (χ3v) is 4.34. The van der Waals surface area contributed by atoms with Crippen molar-refractivity contribution in [1.29, 1.82) is 0 Å². The van der Waals surface area contributed by atoms with Crippen LogP contribution in [0.25, 0.3) is 0 Å².